The molecule has 5 nitrogen and oxygen atoms in total. The number of carbonyl (C=O) groups excluding carboxylic acids is 2. The first kappa shape index (κ1) is 21.8. The van der Waals surface area contributed by atoms with Crippen LogP contribution in [0.2, 0.25) is 0 Å². The summed E-state index contributed by atoms with van der Waals surface area (Å²) in [5, 5.41) is 3.11. The molecule has 1 aliphatic heterocycles. The standard InChI is InChI=1S/C27H29N3O2/c1-20(2)29-26(32)27(15-17-30(19-27)25(31)24-14-8-9-16-28-24)18-22-12-6-7-13-23(22)21-10-4-3-5-11-21/h3-14,16,20H,15,17-19H2,1-2H3,(H,29,32)/t27-/m0/s1. The van der Waals surface area contributed by atoms with E-state index in [0.29, 0.717) is 31.6 Å². The van der Waals surface area contributed by atoms with Crippen LogP contribution in [0.3, 0.4) is 0 Å². The fourth-order valence-corrected chi connectivity index (χ4v) is 4.46. The summed E-state index contributed by atoms with van der Waals surface area (Å²) < 4.78 is 0. The molecule has 1 atom stereocenters. The van der Waals surface area contributed by atoms with Crippen molar-refractivity contribution in [2.24, 2.45) is 5.41 Å². The average Bonchev–Trinajstić information content (AvgIpc) is 3.25. The zero-order valence-corrected chi connectivity index (χ0v) is 18.6. The molecule has 32 heavy (non-hydrogen) atoms. The largest absolute Gasteiger partial charge is 0.353 e. The van der Waals surface area contributed by atoms with E-state index in [1.165, 1.54) is 0 Å². The molecule has 1 aromatic heterocycles. The van der Waals surface area contributed by atoms with Crippen LogP contribution in [0, 0.1) is 5.41 Å². The highest BCUT2D eigenvalue weighted by molar-refractivity contribution is 5.94. The molecular weight excluding hydrogens is 398 g/mol. The Morgan fingerprint density at radius 1 is 1.00 bits per heavy atom. The van der Waals surface area contributed by atoms with Gasteiger partial charge in [0.05, 0.1) is 5.41 Å². The lowest BCUT2D eigenvalue weighted by molar-refractivity contribution is -0.130. The van der Waals surface area contributed by atoms with Gasteiger partial charge in [0.15, 0.2) is 0 Å². The number of likely N-dealkylation sites (tertiary alicyclic amines) is 1. The Morgan fingerprint density at radius 3 is 2.44 bits per heavy atom. The minimum absolute atomic E-state index is 0.00619. The van der Waals surface area contributed by atoms with E-state index in [1.54, 1.807) is 23.2 Å². The van der Waals surface area contributed by atoms with Gasteiger partial charge < -0.3 is 10.2 Å². The Balaban J connectivity index is 1.66. The van der Waals surface area contributed by atoms with Crippen LogP contribution in [-0.2, 0) is 11.2 Å². The molecule has 1 N–H and O–H groups in total. The van der Waals surface area contributed by atoms with E-state index in [9.17, 15) is 9.59 Å². The van der Waals surface area contributed by atoms with Gasteiger partial charge in [0.25, 0.3) is 5.91 Å². The minimum Gasteiger partial charge on any atom is -0.353 e. The summed E-state index contributed by atoms with van der Waals surface area (Å²) in [6.45, 7) is 4.85. The highest BCUT2D eigenvalue weighted by Gasteiger charge is 2.46. The minimum atomic E-state index is -0.681. The number of rotatable bonds is 6. The number of hydrogen-bond donors (Lipinski definition) is 1. The van der Waals surface area contributed by atoms with Gasteiger partial charge in [-0.05, 0) is 55.5 Å². The molecule has 0 aliphatic carbocycles. The van der Waals surface area contributed by atoms with Crippen LogP contribution in [0.5, 0.6) is 0 Å². The lowest BCUT2D eigenvalue weighted by Crippen LogP contribution is -2.47. The van der Waals surface area contributed by atoms with Crippen LogP contribution in [0.4, 0.5) is 0 Å². The van der Waals surface area contributed by atoms with Crippen LogP contribution in [-0.4, -0.2) is 40.8 Å². The van der Waals surface area contributed by atoms with E-state index < -0.39 is 5.41 Å². The normalized spacial score (nSPS) is 18.0. The van der Waals surface area contributed by atoms with Gasteiger partial charge in [0.2, 0.25) is 5.91 Å². The maximum absolute atomic E-state index is 13.5. The zero-order chi connectivity index (χ0) is 22.6. The van der Waals surface area contributed by atoms with Crippen LogP contribution < -0.4 is 5.32 Å². The first-order valence-corrected chi connectivity index (χ1v) is 11.1. The maximum Gasteiger partial charge on any atom is 0.272 e. The van der Waals surface area contributed by atoms with Gasteiger partial charge >= 0.3 is 0 Å². The predicted octanol–water partition coefficient (Wildman–Crippen LogP) is 4.35. The molecule has 2 amide bonds. The molecule has 0 spiro atoms. The highest BCUT2D eigenvalue weighted by Crippen LogP contribution is 2.38. The van der Waals surface area contributed by atoms with E-state index in [-0.39, 0.29) is 17.9 Å². The third-order valence-corrected chi connectivity index (χ3v) is 6.06. The van der Waals surface area contributed by atoms with Crippen molar-refractivity contribution in [1.82, 2.24) is 15.2 Å². The second kappa shape index (κ2) is 9.35. The van der Waals surface area contributed by atoms with Gasteiger partial charge in [-0.15, -0.1) is 0 Å². The Labute approximate surface area is 189 Å². The van der Waals surface area contributed by atoms with Crippen molar-refractivity contribution >= 4 is 11.8 Å². The maximum atomic E-state index is 13.5. The van der Waals surface area contributed by atoms with Gasteiger partial charge in [-0.2, -0.15) is 0 Å². The molecule has 1 saturated heterocycles. The summed E-state index contributed by atoms with van der Waals surface area (Å²) in [4.78, 5) is 32.5. The second-order valence-electron chi connectivity index (χ2n) is 8.80. The van der Waals surface area contributed by atoms with Gasteiger partial charge in [-0.25, -0.2) is 0 Å². The van der Waals surface area contributed by atoms with Gasteiger partial charge in [0.1, 0.15) is 5.69 Å². The van der Waals surface area contributed by atoms with Gasteiger partial charge in [-0.1, -0.05) is 60.7 Å². The Hall–Kier alpha value is -3.47. The Bertz CT molecular complexity index is 1080. The summed E-state index contributed by atoms with van der Waals surface area (Å²) in [5.41, 5.74) is 3.10. The molecule has 0 saturated carbocycles. The van der Waals surface area contributed by atoms with Crippen LogP contribution in [0.1, 0.15) is 36.3 Å². The molecule has 1 aliphatic rings. The van der Waals surface area contributed by atoms with Crippen molar-refractivity contribution in [3.63, 3.8) is 0 Å². The predicted molar refractivity (Wildman–Crippen MR) is 126 cm³/mol. The molecule has 4 rings (SSSR count). The second-order valence-corrected chi connectivity index (χ2v) is 8.80. The number of pyridine rings is 1. The molecule has 1 fully saturated rings. The number of benzene rings is 2. The topological polar surface area (TPSA) is 62.3 Å². The first-order valence-electron chi connectivity index (χ1n) is 11.1. The molecule has 164 valence electrons. The number of nitrogens with one attached hydrogen (secondary N) is 1. The lowest BCUT2D eigenvalue weighted by Gasteiger charge is -2.30. The van der Waals surface area contributed by atoms with Crippen molar-refractivity contribution in [3.8, 4) is 11.1 Å². The van der Waals surface area contributed by atoms with Gasteiger partial charge in [-0.3, -0.25) is 14.6 Å². The molecule has 2 heterocycles. The third kappa shape index (κ3) is 4.57. The fraction of sp³-hybridized carbons (Fsp3) is 0.296. The van der Waals surface area contributed by atoms with E-state index in [2.05, 4.69) is 34.6 Å². The number of amides is 2. The van der Waals surface area contributed by atoms with Crippen LogP contribution >= 0.6 is 0 Å². The monoisotopic (exact) mass is 427 g/mol. The van der Waals surface area contributed by atoms with Crippen LogP contribution in [0.25, 0.3) is 11.1 Å². The number of hydrogen-bond acceptors (Lipinski definition) is 3. The summed E-state index contributed by atoms with van der Waals surface area (Å²) in [5.74, 6) is -0.118. The van der Waals surface area contributed by atoms with Crippen molar-refractivity contribution < 1.29 is 9.59 Å². The Morgan fingerprint density at radius 2 is 1.72 bits per heavy atom. The first-order chi connectivity index (χ1) is 15.5. The molecule has 3 aromatic rings. The number of carbonyl (C=O) groups is 2. The van der Waals surface area contributed by atoms with E-state index in [0.717, 1.165) is 16.7 Å². The van der Waals surface area contributed by atoms with Crippen molar-refractivity contribution in [2.45, 2.75) is 32.7 Å². The SMILES string of the molecule is CC(C)NC(=O)[C@]1(Cc2ccccc2-c2ccccc2)CCN(C(=O)c2ccccn2)C1. The number of nitrogens with zero attached hydrogens (tertiary/aromatic N) is 2. The summed E-state index contributed by atoms with van der Waals surface area (Å²) in [6.07, 6.45) is 2.81. The van der Waals surface area contributed by atoms with E-state index in [1.807, 2.05) is 50.2 Å². The zero-order valence-electron chi connectivity index (χ0n) is 18.6. The van der Waals surface area contributed by atoms with Crippen molar-refractivity contribution in [1.29, 1.82) is 0 Å². The quantitative estimate of drug-likeness (QED) is 0.636. The fourth-order valence-electron chi connectivity index (χ4n) is 4.46. The molecule has 0 unspecified atom stereocenters. The van der Waals surface area contributed by atoms with E-state index >= 15 is 0 Å². The smallest absolute Gasteiger partial charge is 0.272 e. The average molecular weight is 428 g/mol. The molecule has 2 aromatic carbocycles. The van der Waals surface area contributed by atoms with Crippen LogP contribution in [0.15, 0.2) is 79.0 Å². The summed E-state index contributed by atoms with van der Waals surface area (Å²) in [7, 11) is 0. The lowest BCUT2D eigenvalue weighted by atomic mass is 9.78. The number of aromatic nitrogens is 1. The Kier molecular flexibility index (Phi) is 6.35. The third-order valence-electron chi connectivity index (χ3n) is 6.06. The van der Waals surface area contributed by atoms with Crippen molar-refractivity contribution in [3.05, 3.63) is 90.3 Å². The molecular formula is C27H29N3O2. The summed E-state index contributed by atoms with van der Waals surface area (Å²) >= 11 is 0. The molecule has 0 radical (unpaired) electrons. The summed E-state index contributed by atoms with van der Waals surface area (Å²) in [6, 6.07) is 23.8. The molecule has 0 bridgehead atoms. The van der Waals surface area contributed by atoms with Crippen molar-refractivity contribution in [2.75, 3.05) is 13.1 Å². The highest BCUT2D eigenvalue weighted by atomic mass is 16.2. The molecule has 5 heteroatoms. The van der Waals surface area contributed by atoms with Gasteiger partial charge in [0, 0.05) is 25.3 Å². The van der Waals surface area contributed by atoms with E-state index in [4.69, 9.17) is 0 Å².